The zero-order chi connectivity index (χ0) is 20.8. The summed E-state index contributed by atoms with van der Waals surface area (Å²) in [5.41, 5.74) is -1.01. The van der Waals surface area contributed by atoms with E-state index in [-0.39, 0.29) is 36.4 Å². The topological polar surface area (TPSA) is 73.2 Å². The molecular weight excluding hydrogens is 387 g/mol. The van der Waals surface area contributed by atoms with Gasteiger partial charge in [-0.1, -0.05) is 12.1 Å². The van der Waals surface area contributed by atoms with Crippen LogP contribution < -0.4 is 4.74 Å². The number of nitrogens with zero attached hydrogens (tertiary/aromatic N) is 1. The molecule has 4 atom stereocenters. The van der Waals surface area contributed by atoms with Crippen LogP contribution in [0.1, 0.15) is 24.5 Å². The molecule has 0 spiro atoms. The van der Waals surface area contributed by atoms with Gasteiger partial charge in [0.2, 0.25) is 0 Å². The van der Waals surface area contributed by atoms with Gasteiger partial charge in [-0.3, -0.25) is 4.90 Å². The van der Waals surface area contributed by atoms with Crippen molar-refractivity contribution in [3.05, 3.63) is 59.4 Å². The highest BCUT2D eigenvalue weighted by molar-refractivity contribution is 5.31. The third-order valence-electron chi connectivity index (χ3n) is 5.85. The van der Waals surface area contributed by atoms with Gasteiger partial charge in [0.15, 0.2) is 29.0 Å². The molecule has 2 aromatic rings. The van der Waals surface area contributed by atoms with Crippen LogP contribution in [0.3, 0.4) is 0 Å². The Morgan fingerprint density at radius 2 is 1.83 bits per heavy atom. The van der Waals surface area contributed by atoms with E-state index in [9.17, 15) is 28.5 Å². The maximum absolute atomic E-state index is 13.8. The second-order valence-electron chi connectivity index (χ2n) is 7.95. The SMILES string of the molecule is Oc1c(F)cc(C(O)CN2C[C@@H]3C[C@@H](Oc4ccccc4F)C[C@]3(O)C2)cc1F. The van der Waals surface area contributed by atoms with E-state index in [2.05, 4.69) is 0 Å². The standard InChI is InChI=1S/C21H22F3NO4/c22-15-3-1-2-4-19(15)29-14-7-13-9-25(11-21(13,28)8-14)10-18(26)12-5-16(23)20(27)17(24)6-12/h1-6,13-14,18,26-28H,7-11H2/t13-,14+,18?,21-/m0/s1. The zero-order valence-electron chi connectivity index (χ0n) is 15.6. The second-order valence-corrected chi connectivity index (χ2v) is 7.95. The highest BCUT2D eigenvalue weighted by Crippen LogP contribution is 2.43. The molecule has 3 N–H and O–H groups in total. The number of aromatic hydroxyl groups is 1. The first-order chi connectivity index (χ1) is 13.7. The van der Waals surface area contributed by atoms with Crippen LogP contribution in [0.4, 0.5) is 13.2 Å². The Bertz CT molecular complexity index is 888. The van der Waals surface area contributed by atoms with Crippen molar-refractivity contribution in [3.8, 4) is 11.5 Å². The van der Waals surface area contributed by atoms with Crippen molar-refractivity contribution in [1.82, 2.24) is 4.90 Å². The van der Waals surface area contributed by atoms with Gasteiger partial charge in [0, 0.05) is 32.0 Å². The van der Waals surface area contributed by atoms with Gasteiger partial charge in [-0.05, 0) is 36.2 Å². The number of rotatable bonds is 5. The smallest absolute Gasteiger partial charge is 0.187 e. The fraction of sp³-hybridized carbons (Fsp3) is 0.429. The summed E-state index contributed by atoms with van der Waals surface area (Å²) in [6.07, 6.45) is -0.609. The summed E-state index contributed by atoms with van der Waals surface area (Å²) in [4.78, 5) is 1.83. The van der Waals surface area contributed by atoms with E-state index in [0.717, 1.165) is 12.1 Å². The Morgan fingerprint density at radius 1 is 1.14 bits per heavy atom. The van der Waals surface area contributed by atoms with Gasteiger partial charge in [-0.15, -0.1) is 0 Å². The second kappa shape index (κ2) is 7.51. The van der Waals surface area contributed by atoms with E-state index in [1.165, 1.54) is 6.07 Å². The van der Waals surface area contributed by atoms with Crippen molar-refractivity contribution in [3.63, 3.8) is 0 Å². The quantitative estimate of drug-likeness (QED) is 0.708. The van der Waals surface area contributed by atoms with Crippen molar-refractivity contribution in [1.29, 1.82) is 0 Å². The van der Waals surface area contributed by atoms with Crippen LogP contribution in [-0.2, 0) is 0 Å². The lowest BCUT2D eigenvalue weighted by molar-refractivity contribution is 0.0175. The molecule has 1 saturated carbocycles. The zero-order valence-corrected chi connectivity index (χ0v) is 15.6. The number of β-amino-alcohol motifs (C(OH)–C–C–N with tert-alkyl or cyclic N) is 2. The average molecular weight is 409 g/mol. The number of phenolic OH excluding ortho intramolecular Hbond substituents is 1. The molecule has 5 nitrogen and oxygen atoms in total. The Labute approximate surface area is 166 Å². The molecule has 0 radical (unpaired) electrons. The number of halogens is 3. The Balaban J connectivity index is 1.37. The summed E-state index contributed by atoms with van der Waals surface area (Å²) >= 11 is 0. The van der Waals surface area contributed by atoms with Crippen LogP contribution in [0.5, 0.6) is 11.5 Å². The number of hydrogen-bond acceptors (Lipinski definition) is 5. The average Bonchev–Trinajstić information content (AvgIpc) is 3.11. The maximum Gasteiger partial charge on any atom is 0.187 e. The fourth-order valence-electron chi connectivity index (χ4n) is 4.46. The summed E-state index contributed by atoms with van der Waals surface area (Å²) in [6.45, 7) is 0.837. The first-order valence-electron chi connectivity index (χ1n) is 9.47. The molecule has 1 heterocycles. The number of hydrogen-bond donors (Lipinski definition) is 3. The molecule has 1 unspecified atom stereocenters. The van der Waals surface area contributed by atoms with Crippen LogP contribution in [0, 0.1) is 23.4 Å². The van der Waals surface area contributed by atoms with E-state index in [4.69, 9.17) is 4.74 Å². The molecule has 1 aliphatic heterocycles. The number of fused-ring (bicyclic) bond motifs is 1. The third kappa shape index (κ3) is 3.92. The number of aliphatic hydroxyl groups is 2. The molecule has 2 fully saturated rings. The van der Waals surface area contributed by atoms with Gasteiger partial charge >= 0.3 is 0 Å². The van der Waals surface area contributed by atoms with Crippen LogP contribution in [-0.4, -0.2) is 51.6 Å². The Morgan fingerprint density at radius 3 is 2.48 bits per heavy atom. The molecule has 2 aliphatic rings. The number of phenols is 1. The first kappa shape index (κ1) is 20.0. The number of likely N-dealkylation sites (tertiary alicyclic amines) is 1. The Kier molecular flexibility index (Phi) is 5.18. The van der Waals surface area contributed by atoms with Gasteiger partial charge in [0.25, 0.3) is 0 Å². The highest BCUT2D eigenvalue weighted by atomic mass is 19.1. The highest BCUT2D eigenvalue weighted by Gasteiger charge is 2.52. The van der Waals surface area contributed by atoms with E-state index in [1.54, 1.807) is 18.2 Å². The van der Waals surface area contributed by atoms with Gasteiger partial charge in [0.05, 0.1) is 11.7 Å². The molecular formula is C21H22F3NO4. The molecule has 156 valence electrons. The van der Waals surface area contributed by atoms with Crippen molar-refractivity contribution in [2.75, 3.05) is 19.6 Å². The van der Waals surface area contributed by atoms with E-state index in [1.807, 2.05) is 4.90 Å². The number of ether oxygens (including phenoxy) is 1. The van der Waals surface area contributed by atoms with Gasteiger partial charge in [-0.2, -0.15) is 0 Å². The predicted molar refractivity (Wildman–Crippen MR) is 97.9 cm³/mol. The summed E-state index contributed by atoms with van der Waals surface area (Å²) in [6, 6.07) is 7.92. The molecule has 0 amide bonds. The molecule has 0 bridgehead atoms. The molecule has 1 saturated heterocycles. The summed E-state index contributed by atoms with van der Waals surface area (Å²) < 4.78 is 46.5. The lowest BCUT2D eigenvalue weighted by Crippen LogP contribution is -2.36. The largest absolute Gasteiger partial charge is 0.503 e. The van der Waals surface area contributed by atoms with E-state index < -0.39 is 34.9 Å². The predicted octanol–water partition coefficient (Wildman–Crippen LogP) is 2.75. The summed E-state index contributed by atoms with van der Waals surface area (Å²) in [5.74, 6) is -3.75. The molecule has 8 heteroatoms. The number of benzene rings is 2. The minimum atomic E-state index is -1.17. The van der Waals surface area contributed by atoms with Gasteiger partial charge in [0.1, 0.15) is 6.10 Å². The van der Waals surface area contributed by atoms with Crippen LogP contribution in [0.25, 0.3) is 0 Å². The van der Waals surface area contributed by atoms with E-state index >= 15 is 0 Å². The molecule has 4 rings (SSSR count). The van der Waals surface area contributed by atoms with Crippen molar-refractivity contribution in [2.45, 2.75) is 30.7 Å². The lowest BCUT2D eigenvalue weighted by Gasteiger charge is -2.25. The van der Waals surface area contributed by atoms with Gasteiger partial charge in [-0.25, -0.2) is 13.2 Å². The monoisotopic (exact) mass is 409 g/mol. The normalized spacial score (nSPS) is 27.8. The van der Waals surface area contributed by atoms with E-state index in [0.29, 0.717) is 19.4 Å². The van der Waals surface area contributed by atoms with Gasteiger partial charge < -0.3 is 20.1 Å². The summed E-state index contributed by atoms with van der Waals surface area (Å²) in [5, 5.41) is 30.5. The van der Waals surface area contributed by atoms with Crippen LogP contribution in [0.15, 0.2) is 36.4 Å². The molecule has 1 aliphatic carbocycles. The summed E-state index contributed by atoms with van der Waals surface area (Å²) in [7, 11) is 0. The van der Waals surface area contributed by atoms with Crippen molar-refractivity contribution >= 4 is 0 Å². The maximum atomic E-state index is 13.8. The molecule has 29 heavy (non-hydrogen) atoms. The van der Waals surface area contributed by atoms with Crippen LogP contribution >= 0.6 is 0 Å². The third-order valence-corrected chi connectivity index (χ3v) is 5.85. The first-order valence-corrected chi connectivity index (χ1v) is 9.47. The number of aliphatic hydroxyl groups excluding tert-OH is 1. The molecule has 2 aromatic carbocycles. The van der Waals surface area contributed by atoms with Crippen LogP contribution in [0.2, 0.25) is 0 Å². The molecule has 0 aromatic heterocycles. The van der Waals surface area contributed by atoms with Crippen molar-refractivity contribution < 1.29 is 33.2 Å². The number of para-hydroxylation sites is 1. The minimum Gasteiger partial charge on any atom is -0.503 e. The minimum absolute atomic E-state index is 0.0163. The fourth-order valence-corrected chi connectivity index (χ4v) is 4.46. The van der Waals surface area contributed by atoms with Crippen molar-refractivity contribution in [2.24, 2.45) is 5.92 Å². The Hall–Kier alpha value is -2.29. The lowest BCUT2D eigenvalue weighted by atomic mass is 9.95.